The van der Waals surface area contributed by atoms with Crippen molar-refractivity contribution in [2.45, 2.75) is 33.7 Å². The first-order valence-electron chi connectivity index (χ1n) is 6.00. The Morgan fingerprint density at radius 1 is 1.32 bits per heavy atom. The Morgan fingerprint density at radius 3 is 2.63 bits per heavy atom. The number of halogens is 1. The van der Waals surface area contributed by atoms with Crippen molar-refractivity contribution < 1.29 is 4.79 Å². The molecule has 2 heterocycles. The molecule has 0 unspecified atom stereocenters. The van der Waals surface area contributed by atoms with Crippen molar-refractivity contribution in [2.75, 3.05) is 0 Å². The van der Waals surface area contributed by atoms with Gasteiger partial charge in [-0.25, -0.2) is 0 Å². The van der Waals surface area contributed by atoms with E-state index in [1.165, 1.54) is 0 Å². The third-order valence-electron chi connectivity index (χ3n) is 2.80. The SMILES string of the molecule is Cc1cc(C(=O)c2c(Br)cnn2C(C)C)c(C)nn1. The van der Waals surface area contributed by atoms with E-state index in [9.17, 15) is 4.79 Å². The molecule has 0 bridgehead atoms. The lowest BCUT2D eigenvalue weighted by Crippen LogP contribution is -2.15. The molecule has 5 nitrogen and oxygen atoms in total. The summed E-state index contributed by atoms with van der Waals surface area (Å²) in [4.78, 5) is 12.7. The van der Waals surface area contributed by atoms with Crippen molar-refractivity contribution in [1.29, 1.82) is 0 Å². The van der Waals surface area contributed by atoms with Gasteiger partial charge in [0.25, 0.3) is 0 Å². The van der Waals surface area contributed by atoms with Gasteiger partial charge in [0, 0.05) is 11.6 Å². The molecule has 0 spiro atoms. The summed E-state index contributed by atoms with van der Waals surface area (Å²) in [5, 5.41) is 12.2. The first-order valence-corrected chi connectivity index (χ1v) is 6.79. The van der Waals surface area contributed by atoms with Gasteiger partial charge in [0.15, 0.2) is 0 Å². The zero-order valence-electron chi connectivity index (χ0n) is 11.3. The number of aromatic nitrogens is 4. The Labute approximate surface area is 120 Å². The molecule has 2 rings (SSSR count). The normalized spacial score (nSPS) is 11.1. The van der Waals surface area contributed by atoms with Gasteiger partial charge in [-0.05, 0) is 49.7 Å². The Bertz CT molecular complexity index is 634. The topological polar surface area (TPSA) is 60.7 Å². The van der Waals surface area contributed by atoms with Gasteiger partial charge < -0.3 is 0 Å². The van der Waals surface area contributed by atoms with E-state index in [1.807, 2.05) is 20.8 Å². The molecule has 2 aromatic heterocycles. The van der Waals surface area contributed by atoms with Crippen LogP contribution in [0.2, 0.25) is 0 Å². The average molecular weight is 323 g/mol. The van der Waals surface area contributed by atoms with Crippen LogP contribution in [0.15, 0.2) is 16.7 Å². The quantitative estimate of drug-likeness (QED) is 0.815. The Morgan fingerprint density at radius 2 is 2.00 bits per heavy atom. The van der Waals surface area contributed by atoms with Crippen LogP contribution < -0.4 is 0 Å². The molecule has 0 aliphatic carbocycles. The molecule has 100 valence electrons. The van der Waals surface area contributed by atoms with Crippen molar-refractivity contribution in [2.24, 2.45) is 0 Å². The van der Waals surface area contributed by atoms with Crippen LogP contribution in [0.25, 0.3) is 0 Å². The van der Waals surface area contributed by atoms with Crippen LogP contribution in [-0.2, 0) is 0 Å². The first kappa shape index (κ1) is 13.9. The third-order valence-corrected chi connectivity index (χ3v) is 3.38. The maximum atomic E-state index is 12.7. The number of ketones is 1. The number of rotatable bonds is 3. The molecule has 0 aliphatic heterocycles. The van der Waals surface area contributed by atoms with Crippen LogP contribution in [0.4, 0.5) is 0 Å². The van der Waals surface area contributed by atoms with Crippen molar-refractivity contribution in [1.82, 2.24) is 20.0 Å². The molecule has 0 saturated carbocycles. The standard InChI is InChI=1S/C13H15BrN4O/c1-7(2)18-12(11(14)6-15-18)13(19)10-5-8(3)16-17-9(10)4/h5-7H,1-4H3. The monoisotopic (exact) mass is 322 g/mol. The van der Waals surface area contributed by atoms with Crippen molar-refractivity contribution >= 4 is 21.7 Å². The second-order valence-electron chi connectivity index (χ2n) is 4.69. The summed E-state index contributed by atoms with van der Waals surface area (Å²) in [7, 11) is 0. The molecular weight excluding hydrogens is 308 g/mol. The molecule has 0 fully saturated rings. The molecule has 0 amide bonds. The predicted molar refractivity (Wildman–Crippen MR) is 75.3 cm³/mol. The summed E-state index contributed by atoms with van der Waals surface area (Å²) in [5.74, 6) is -0.0893. The zero-order chi connectivity index (χ0) is 14.2. The molecule has 2 aromatic rings. The fourth-order valence-electron chi connectivity index (χ4n) is 1.85. The van der Waals surface area contributed by atoms with E-state index in [2.05, 4.69) is 31.2 Å². The van der Waals surface area contributed by atoms with Gasteiger partial charge in [-0.3, -0.25) is 9.48 Å². The molecule has 0 radical (unpaired) electrons. The van der Waals surface area contributed by atoms with Crippen LogP contribution in [0.5, 0.6) is 0 Å². The lowest BCUT2D eigenvalue weighted by molar-refractivity contribution is 0.102. The molecular formula is C13H15BrN4O. The van der Waals surface area contributed by atoms with E-state index in [4.69, 9.17) is 0 Å². The summed E-state index contributed by atoms with van der Waals surface area (Å²) in [6.07, 6.45) is 1.64. The van der Waals surface area contributed by atoms with Gasteiger partial charge in [0.05, 0.1) is 22.1 Å². The molecule has 0 saturated heterocycles. The Hall–Kier alpha value is -1.56. The van der Waals surface area contributed by atoms with Crippen LogP contribution in [-0.4, -0.2) is 25.8 Å². The van der Waals surface area contributed by atoms with Crippen LogP contribution in [0.3, 0.4) is 0 Å². The number of hydrogen-bond donors (Lipinski definition) is 0. The highest BCUT2D eigenvalue weighted by Crippen LogP contribution is 2.23. The second-order valence-corrected chi connectivity index (χ2v) is 5.55. The van der Waals surface area contributed by atoms with E-state index in [1.54, 1.807) is 23.9 Å². The van der Waals surface area contributed by atoms with Crippen LogP contribution >= 0.6 is 15.9 Å². The van der Waals surface area contributed by atoms with Gasteiger partial charge in [-0.15, -0.1) is 0 Å². The van der Waals surface area contributed by atoms with Crippen LogP contribution in [0.1, 0.15) is 47.3 Å². The largest absolute Gasteiger partial charge is 0.287 e. The summed E-state index contributed by atoms with van der Waals surface area (Å²) < 4.78 is 2.40. The summed E-state index contributed by atoms with van der Waals surface area (Å²) in [6, 6.07) is 1.87. The maximum absolute atomic E-state index is 12.7. The number of nitrogens with zero attached hydrogens (tertiary/aromatic N) is 4. The fourth-order valence-corrected chi connectivity index (χ4v) is 2.31. The maximum Gasteiger partial charge on any atom is 0.214 e. The minimum absolute atomic E-state index is 0.0893. The van der Waals surface area contributed by atoms with Gasteiger partial charge >= 0.3 is 0 Å². The van der Waals surface area contributed by atoms with E-state index in [-0.39, 0.29) is 11.8 Å². The summed E-state index contributed by atoms with van der Waals surface area (Å²) >= 11 is 3.39. The van der Waals surface area contributed by atoms with Crippen molar-refractivity contribution in [3.63, 3.8) is 0 Å². The highest BCUT2D eigenvalue weighted by atomic mass is 79.9. The summed E-state index contributed by atoms with van der Waals surface area (Å²) in [6.45, 7) is 7.57. The number of aryl methyl sites for hydroxylation is 2. The molecule has 19 heavy (non-hydrogen) atoms. The minimum Gasteiger partial charge on any atom is -0.287 e. The third kappa shape index (κ3) is 2.58. The van der Waals surface area contributed by atoms with Gasteiger partial charge in [-0.1, -0.05) is 0 Å². The number of carbonyl (C=O) groups is 1. The lowest BCUT2D eigenvalue weighted by Gasteiger charge is -2.11. The van der Waals surface area contributed by atoms with Crippen molar-refractivity contribution in [3.05, 3.63) is 39.4 Å². The smallest absolute Gasteiger partial charge is 0.214 e. The number of carbonyl (C=O) groups excluding carboxylic acids is 1. The Kier molecular flexibility index (Phi) is 3.80. The van der Waals surface area contributed by atoms with E-state index in [0.717, 1.165) is 5.69 Å². The van der Waals surface area contributed by atoms with Crippen LogP contribution in [0, 0.1) is 13.8 Å². The van der Waals surface area contributed by atoms with Gasteiger partial charge in [0.2, 0.25) is 5.78 Å². The lowest BCUT2D eigenvalue weighted by atomic mass is 10.1. The average Bonchev–Trinajstić information content (AvgIpc) is 2.73. The summed E-state index contributed by atoms with van der Waals surface area (Å²) in [5.41, 5.74) is 2.46. The molecule has 0 atom stereocenters. The molecule has 0 aliphatic rings. The van der Waals surface area contributed by atoms with Gasteiger partial charge in [0.1, 0.15) is 5.69 Å². The second kappa shape index (κ2) is 5.21. The molecule has 0 aromatic carbocycles. The van der Waals surface area contributed by atoms with E-state index < -0.39 is 0 Å². The fraction of sp³-hybridized carbons (Fsp3) is 0.385. The predicted octanol–water partition coefficient (Wildman–Crippen LogP) is 2.86. The van der Waals surface area contributed by atoms with E-state index in [0.29, 0.717) is 21.4 Å². The number of hydrogen-bond acceptors (Lipinski definition) is 4. The Balaban J connectivity index is 2.56. The van der Waals surface area contributed by atoms with E-state index >= 15 is 0 Å². The highest BCUT2D eigenvalue weighted by Gasteiger charge is 2.22. The first-order chi connectivity index (χ1) is 8.91. The molecule has 0 N–H and O–H groups in total. The zero-order valence-corrected chi connectivity index (χ0v) is 12.9. The minimum atomic E-state index is -0.0893. The molecule has 6 heteroatoms. The van der Waals surface area contributed by atoms with Crippen molar-refractivity contribution in [3.8, 4) is 0 Å². The highest BCUT2D eigenvalue weighted by molar-refractivity contribution is 9.10. The van der Waals surface area contributed by atoms with Gasteiger partial charge in [-0.2, -0.15) is 15.3 Å².